The predicted octanol–water partition coefficient (Wildman–Crippen LogP) is -0.506. The Hall–Kier alpha value is 0.201. The van der Waals surface area contributed by atoms with E-state index in [1.807, 2.05) is 6.07 Å². The summed E-state index contributed by atoms with van der Waals surface area (Å²) in [7, 11) is 0. The van der Waals surface area contributed by atoms with Crippen LogP contribution in [0.3, 0.4) is 0 Å². The van der Waals surface area contributed by atoms with Gasteiger partial charge in [-0.1, -0.05) is 11.6 Å². The fourth-order valence-electron chi connectivity index (χ4n) is 1.69. The van der Waals surface area contributed by atoms with Crippen LogP contribution in [0.15, 0.2) is 18.2 Å². The fourth-order valence-corrected chi connectivity index (χ4v) is 1.69. The molecule has 1 aliphatic rings. The Labute approximate surface area is 135 Å². The van der Waals surface area contributed by atoms with E-state index in [1.54, 1.807) is 0 Å². The molecule has 0 heterocycles. The second-order valence-corrected chi connectivity index (χ2v) is 3.80. The molecule has 0 N–H and O–H groups in total. The summed E-state index contributed by atoms with van der Waals surface area (Å²) < 4.78 is 38.0. The Balaban J connectivity index is 0.00000128. The van der Waals surface area contributed by atoms with Crippen molar-refractivity contribution < 1.29 is 64.3 Å². The van der Waals surface area contributed by atoms with E-state index in [-0.39, 0.29) is 57.3 Å². The summed E-state index contributed by atoms with van der Waals surface area (Å²) >= 11 is 0. The SMILES string of the molecule is N#Cc1ccc([B-](F)(F)F)c(C2CC2)c1.[K+]. The Morgan fingerprint density at radius 2 is 1.88 bits per heavy atom. The number of benzene rings is 1. The summed E-state index contributed by atoms with van der Waals surface area (Å²) in [5.41, 5.74) is 0.0822. The van der Waals surface area contributed by atoms with E-state index in [4.69, 9.17) is 5.26 Å². The zero-order valence-corrected chi connectivity index (χ0v) is 12.0. The molecule has 0 unspecified atom stereocenters. The van der Waals surface area contributed by atoms with Crippen LogP contribution in [0.4, 0.5) is 12.9 Å². The van der Waals surface area contributed by atoms with Gasteiger partial charge in [0.25, 0.3) is 0 Å². The summed E-state index contributed by atoms with van der Waals surface area (Å²) in [6, 6.07) is 5.51. The molecular weight excluding hydrogens is 241 g/mol. The van der Waals surface area contributed by atoms with E-state index in [2.05, 4.69) is 0 Å². The van der Waals surface area contributed by atoms with Crippen molar-refractivity contribution in [3.05, 3.63) is 29.3 Å². The number of nitriles is 1. The van der Waals surface area contributed by atoms with E-state index in [9.17, 15) is 12.9 Å². The predicted molar refractivity (Wildman–Crippen MR) is 51.8 cm³/mol. The molecule has 1 aromatic carbocycles. The van der Waals surface area contributed by atoms with Gasteiger partial charge in [-0.3, -0.25) is 0 Å². The van der Waals surface area contributed by atoms with E-state index in [0.29, 0.717) is 11.1 Å². The third-order valence-electron chi connectivity index (χ3n) is 2.59. The van der Waals surface area contributed by atoms with Gasteiger partial charge in [0, 0.05) is 0 Å². The average molecular weight is 249 g/mol. The van der Waals surface area contributed by atoms with Gasteiger partial charge in [0.2, 0.25) is 0 Å². The average Bonchev–Trinajstić information content (AvgIpc) is 2.98. The van der Waals surface area contributed by atoms with Crippen LogP contribution in [0.1, 0.15) is 29.9 Å². The van der Waals surface area contributed by atoms with Gasteiger partial charge in [-0.25, -0.2) is 0 Å². The Morgan fingerprint density at radius 1 is 1.25 bits per heavy atom. The van der Waals surface area contributed by atoms with Crippen LogP contribution < -0.4 is 56.8 Å². The number of rotatable bonds is 2. The molecule has 0 bridgehead atoms. The molecule has 0 spiro atoms. The molecule has 0 aliphatic heterocycles. The molecule has 1 saturated carbocycles. The van der Waals surface area contributed by atoms with E-state index >= 15 is 0 Å². The maximum Gasteiger partial charge on any atom is 1.00 e. The van der Waals surface area contributed by atoms with Crippen molar-refractivity contribution in [2.75, 3.05) is 0 Å². The minimum Gasteiger partial charge on any atom is -0.445 e. The van der Waals surface area contributed by atoms with Gasteiger partial charge in [-0.2, -0.15) is 5.26 Å². The van der Waals surface area contributed by atoms with Crippen LogP contribution in [0, 0.1) is 11.3 Å². The van der Waals surface area contributed by atoms with Crippen molar-refractivity contribution >= 4 is 12.4 Å². The number of hydrogen-bond acceptors (Lipinski definition) is 1. The van der Waals surface area contributed by atoms with Gasteiger partial charge in [0.15, 0.2) is 0 Å². The summed E-state index contributed by atoms with van der Waals surface area (Å²) in [6.45, 7) is -4.96. The smallest absolute Gasteiger partial charge is 0.445 e. The van der Waals surface area contributed by atoms with Crippen molar-refractivity contribution in [3.8, 4) is 6.07 Å². The summed E-state index contributed by atoms with van der Waals surface area (Å²) in [6.07, 6.45) is 1.60. The zero-order valence-electron chi connectivity index (χ0n) is 8.88. The van der Waals surface area contributed by atoms with Gasteiger partial charge < -0.3 is 12.9 Å². The quantitative estimate of drug-likeness (QED) is 0.648. The van der Waals surface area contributed by atoms with Gasteiger partial charge >= 0.3 is 58.4 Å². The van der Waals surface area contributed by atoms with Crippen molar-refractivity contribution in [1.29, 1.82) is 5.26 Å². The number of halogens is 3. The van der Waals surface area contributed by atoms with Crippen LogP contribution in [-0.4, -0.2) is 6.98 Å². The Bertz CT molecular complexity index is 435. The first-order valence-corrected chi connectivity index (χ1v) is 4.76. The molecule has 0 atom stereocenters. The van der Waals surface area contributed by atoms with Gasteiger partial charge in [-0.05, 0) is 30.9 Å². The molecule has 1 fully saturated rings. The van der Waals surface area contributed by atoms with Crippen LogP contribution in [0.25, 0.3) is 0 Å². The molecule has 78 valence electrons. The van der Waals surface area contributed by atoms with Gasteiger partial charge in [-0.15, -0.1) is 5.46 Å². The summed E-state index contributed by atoms with van der Waals surface area (Å²) in [5, 5.41) is 8.63. The minimum atomic E-state index is -4.96. The second-order valence-electron chi connectivity index (χ2n) is 3.80. The van der Waals surface area contributed by atoms with Crippen molar-refractivity contribution in [2.45, 2.75) is 18.8 Å². The van der Waals surface area contributed by atoms with Crippen molar-refractivity contribution in [1.82, 2.24) is 0 Å². The maximum atomic E-state index is 12.7. The van der Waals surface area contributed by atoms with E-state index < -0.39 is 12.4 Å². The third-order valence-corrected chi connectivity index (χ3v) is 2.59. The molecule has 0 amide bonds. The summed E-state index contributed by atoms with van der Waals surface area (Å²) in [5.74, 6) is 0.0109. The van der Waals surface area contributed by atoms with Crippen molar-refractivity contribution in [3.63, 3.8) is 0 Å². The molecule has 2 rings (SSSR count). The normalized spacial score (nSPS) is 15.1. The van der Waals surface area contributed by atoms with E-state index in [0.717, 1.165) is 18.9 Å². The molecule has 0 radical (unpaired) electrons. The van der Waals surface area contributed by atoms with Crippen LogP contribution in [0.2, 0.25) is 0 Å². The molecule has 1 aliphatic carbocycles. The van der Waals surface area contributed by atoms with Gasteiger partial charge in [0.1, 0.15) is 0 Å². The fraction of sp³-hybridized carbons (Fsp3) is 0.300. The van der Waals surface area contributed by atoms with Crippen LogP contribution in [0.5, 0.6) is 0 Å². The third kappa shape index (κ3) is 3.11. The van der Waals surface area contributed by atoms with Crippen LogP contribution in [-0.2, 0) is 0 Å². The Morgan fingerprint density at radius 3 is 2.31 bits per heavy atom. The molecule has 1 nitrogen and oxygen atoms in total. The number of nitrogens with zero attached hydrogens (tertiary/aromatic N) is 1. The van der Waals surface area contributed by atoms with E-state index in [1.165, 1.54) is 12.1 Å². The monoisotopic (exact) mass is 249 g/mol. The zero-order chi connectivity index (χ0) is 11.1. The van der Waals surface area contributed by atoms with Gasteiger partial charge in [0.05, 0.1) is 11.6 Å². The standard InChI is InChI=1S/C10H8BF3N.K/c12-11(13,14)10-4-1-7(6-15)5-9(10)8-2-3-8;/h1,4-5,8H,2-3H2;/q-1;+1. The topological polar surface area (TPSA) is 23.8 Å². The largest absolute Gasteiger partial charge is 1.00 e. The molecule has 1 aromatic rings. The number of hydrogen-bond donors (Lipinski definition) is 0. The Kier molecular flexibility index (Phi) is 4.67. The molecule has 16 heavy (non-hydrogen) atoms. The first-order valence-electron chi connectivity index (χ1n) is 4.76. The molecule has 6 heteroatoms. The van der Waals surface area contributed by atoms with Crippen LogP contribution >= 0.6 is 0 Å². The minimum absolute atomic E-state index is 0. The maximum absolute atomic E-state index is 12.7. The summed E-state index contributed by atoms with van der Waals surface area (Å²) in [4.78, 5) is 0. The molecule has 0 saturated heterocycles. The van der Waals surface area contributed by atoms with Crippen molar-refractivity contribution in [2.24, 2.45) is 0 Å². The first kappa shape index (κ1) is 14.3. The molecular formula is C10H8BF3KN. The second kappa shape index (κ2) is 5.23. The molecule has 0 aromatic heterocycles. The first-order chi connectivity index (χ1) is 7.02.